The van der Waals surface area contributed by atoms with E-state index < -0.39 is 0 Å². The van der Waals surface area contributed by atoms with Gasteiger partial charge in [0.2, 0.25) is 0 Å². The van der Waals surface area contributed by atoms with Gasteiger partial charge in [0.25, 0.3) is 6.71 Å². The van der Waals surface area contributed by atoms with Crippen LogP contribution in [0, 0.1) is 0 Å². The summed E-state index contributed by atoms with van der Waals surface area (Å²) in [5, 5.41) is 6.28. The van der Waals surface area contributed by atoms with Crippen LogP contribution in [-0.4, -0.2) is 25.8 Å². The maximum Gasteiger partial charge on any atom is 0.252 e. The van der Waals surface area contributed by atoms with Gasteiger partial charge in [0.15, 0.2) is 5.82 Å². The molecule has 14 rings (SSSR count). The lowest BCUT2D eigenvalue weighted by molar-refractivity contribution is 0.572. The third-order valence-electron chi connectivity index (χ3n) is 17.0. The van der Waals surface area contributed by atoms with Crippen molar-refractivity contribution in [2.75, 3.05) is 0 Å². The normalized spacial score (nSPS) is 13.4. The maximum absolute atomic E-state index is 5.64. The van der Waals surface area contributed by atoms with E-state index in [1.54, 1.807) is 0 Å². The van der Waals surface area contributed by atoms with Crippen molar-refractivity contribution < 1.29 is 0 Å². The quantitative estimate of drug-likeness (QED) is 0.165. The van der Waals surface area contributed by atoms with E-state index in [-0.39, 0.29) is 28.4 Å². The fraction of sp³-hybridized carbons (Fsp3) is 0.222. The van der Waals surface area contributed by atoms with Gasteiger partial charge in [-0.25, -0.2) is 9.97 Å². The van der Waals surface area contributed by atoms with E-state index in [1.165, 1.54) is 116 Å². The summed E-state index contributed by atoms with van der Waals surface area (Å²) in [7, 11) is 0. The zero-order valence-corrected chi connectivity index (χ0v) is 46.6. The molecule has 0 radical (unpaired) electrons. The molecule has 0 saturated carbocycles. The van der Waals surface area contributed by atoms with E-state index in [1.807, 2.05) is 0 Å². The number of fused-ring (bicyclic) bond motifs is 11. The van der Waals surface area contributed by atoms with Gasteiger partial charge in [0.1, 0.15) is 0 Å². The van der Waals surface area contributed by atoms with Crippen molar-refractivity contribution >= 4 is 77.6 Å². The summed E-state index contributed by atoms with van der Waals surface area (Å²) in [4.78, 5) is 10.9. The molecular weight excluding hydrogens is 932 g/mol. The standard InChI is InChI=1S/C72H65BN4/c1-69(2,3)48-38-53(71(7,8)9)62-51-32-45(42-24-16-13-17-25-42)34-55-66(51)76(58(62)40-48)60-36-47(65-50-30-22-23-31-57(50)74-68(75-65)44-28-20-15-21-29-44)37-61-64(60)73(55)56-35-46(43-26-18-14-19-27-43)33-52-63-54(72(10,11)12)39-49(70(4,5)6)41-59(63)77(61)67(52)56/h13-41H,1-12H3. The molecule has 4 nitrogen and oxygen atoms in total. The van der Waals surface area contributed by atoms with Crippen LogP contribution in [0.3, 0.4) is 0 Å². The highest BCUT2D eigenvalue weighted by molar-refractivity contribution is 7.00. The Morgan fingerprint density at radius 3 is 1.23 bits per heavy atom. The van der Waals surface area contributed by atoms with Crippen LogP contribution in [0.2, 0.25) is 0 Å². The summed E-state index contributed by atoms with van der Waals surface area (Å²) < 4.78 is 5.38. The fourth-order valence-electron chi connectivity index (χ4n) is 13.1. The second-order valence-corrected chi connectivity index (χ2v) is 26.3. The zero-order valence-electron chi connectivity index (χ0n) is 46.6. The minimum Gasteiger partial charge on any atom is -0.310 e. The smallest absolute Gasteiger partial charge is 0.252 e. The van der Waals surface area contributed by atoms with E-state index >= 15 is 0 Å². The lowest BCUT2D eigenvalue weighted by atomic mass is 9.34. The van der Waals surface area contributed by atoms with Gasteiger partial charge in [0, 0.05) is 60.5 Å². The number of rotatable bonds is 4. The average molecular weight is 997 g/mol. The molecule has 0 unspecified atom stereocenters. The molecule has 376 valence electrons. The Balaban J connectivity index is 1.25. The molecule has 0 aliphatic carbocycles. The SMILES string of the molecule is CC(C)(C)c1cc(C(C)(C)C)c2c3cc(-c4ccccc4)cc4c3n(c2c1)-c1cc(-c2nc(-c3ccccc3)nc3ccccc23)cc2c1B4c1cc(-c3ccccc3)cc3c4c(C(C)(C)C)cc(C(C)(C)C)cc4n-2c13. The van der Waals surface area contributed by atoms with E-state index in [0.29, 0.717) is 0 Å². The second kappa shape index (κ2) is 16.3. The molecule has 0 bridgehead atoms. The monoisotopic (exact) mass is 997 g/mol. The van der Waals surface area contributed by atoms with Crippen LogP contribution in [0.25, 0.3) is 111 Å². The topological polar surface area (TPSA) is 35.6 Å². The molecule has 0 spiro atoms. The van der Waals surface area contributed by atoms with E-state index in [4.69, 9.17) is 9.97 Å². The number of aromatic nitrogens is 4. The summed E-state index contributed by atoms with van der Waals surface area (Å²) in [5.74, 6) is 0.720. The molecule has 0 N–H and O–H groups in total. The minimum absolute atomic E-state index is 0.104. The van der Waals surface area contributed by atoms with Gasteiger partial charge in [-0.15, -0.1) is 0 Å². The molecule has 3 aromatic heterocycles. The molecule has 0 amide bonds. The van der Waals surface area contributed by atoms with Gasteiger partial charge in [-0.3, -0.25) is 0 Å². The highest BCUT2D eigenvalue weighted by Gasteiger charge is 2.43. The Hall–Kier alpha value is -8.02. The summed E-state index contributed by atoms with van der Waals surface area (Å²) in [5.41, 5.74) is 25.2. The van der Waals surface area contributed by atoms with Crippen LogP contribution in [0.4, 0.5) is 0 Å². The van der Waals surface area contributed by atoms with Crippen LogP contribution in [-0.2, 0) is 21.7 Å². The van der Waals surface area contributed by atoms with Gasteiger partial charge < -0.3 is 9.13 Å². The first-order chi connectivity index (χ1) is 36.7. The predicted molar refractivity (Wildman–Crippen MR) is 329 cm³/mol. The molecular formula is C72H65BN4. The summed E-state index contributed by atoms with van der Waals surface area (Å²) in [6.45, 7) is 28.4. The minimum atomic E-state index is -0.157. The van der Waals surface area contributed by atoms with Gasteiger partial charge >= 0.3 is 0 Å². The van der Waals surface area contributed by atoms with Gasteiger partial charge in [-0.05, 0) is 125 Å². The lowest BCUT2D eigenvalue weighted by Gasteiger charge is -2.35. The van der Waals surface area contributed by atoms with Crippen molar-refractivity contribution in [3.63, 3.8) is 0 Å². The zero-order chi connectivity index (χ0) is 53.2. The Kier molecular flexibility index (Phi) is 10.0. The Morgan fingerprint density at radius 2 is 0.792 bits per heavy atom. The molecule has 9 aromatic carbocycles. The van der Waals surface area contributed by atoms with Crippen molar-refractivity contribution in [1.82, 2.24) is 19.1 Å². The van der Waals surface area contributed by atoms with Crippen molar-refractivity contribution in [1.29, 1.82) is 0 Å². The highest BCUT2D eigenvalue weighted by Crippen LogP contribution is 2.48. The predicted octanol–water partition coefficient (Wildman–Crippen LogP) is 16.8. The first-order valence-electron chi connectivity index (χ1n) is 27.7. The van der Waals surface area contributed by atoms with Gasteiger partial charge in [0.05, 0.1) is 22.2 Å². The van der Waals surface area contributed by atoms with E-state index in [2.05, 4.69) is 268 Å². The van der Waals surface area contributed by atoms with Crippen molar-refractivity contribution in [2.45, 2.75) is 105 Å². The average Bonchev–Trinajstić information content (AvgIpc) is 4.15. The molecule has 12 aromatic rings. The molecule has 5 heteroatoms. The molecule has 0 atom stereocenters. The number of hydrogen-bond acceptors (Lipinski definition) is 2. The Bertz CT molecular complexity index is 4230. The molecule has 2 aliphatic heterocycles. The first kappa shape index (κ1) is 47.4. The van der Waals surface area contributed by atoms with Crippen LogP contribution in [0.5, 0.6) is 0 Å². The van der Waals surface area contributed by atoms with Crippen LogP contribution in [0.15, 0.2) is 176 Å². The summed E-state index contributed by atoms with van der Waals surface area (Å²) in [6.07, 6.45) is 0. The number of hydrogen-bond donors (Lipinski definition) is 0. The molecule has 77 heavy (non-hydrogen) atoms. The third kappa shape index (κ3) is 7.18. The van der Waals surface area contributed by atoms with Gasteiger partial charge in [-0.1, -0.05) is 217 Å². The van der Waals surface area contributed by atoms with Crippen LogP contribution in [0.1, 0.15) is 105 Å². The van der Waals surface area contributed by atoms with Gasteiger partial charge in [-0.2, -0.15) is 0 Å². The van der Waals surface area contributed by atoms with Crippen molar-refractivity contribution in [3.05, 3.63) is 198 Å². The molecule has 2 aliphatic rings. The summed E-state index contributed by atoms with van der Waals surface area (Å²) >= 11 is 0. The Labute approximate surface area is 453 Å². The van der Waals surface area contributed by atoms with Crippen LogP contribution >= 0.6 is 0 Å². The lowest BCUT2D eigenvalue weighted by Crippen LogP contribution is -2.59. The number of nitrogens with zero attached hydrogens (tertiary/aromatic N) is 4. The molecule has 0 saturated heterocycles. The number of para-hydroxylation sites is 1. The largest absolute Gasteiger partial charge is 0.310 e. The molecule has 5 heterocycles. The maximum atomic E-state index is 5.64. The first-order valence-corrected chi connectivity index (χ1v) is 27.7. The molecule has 0 fully saturated rings. The van der Waals surface area contributed by atoms with Crippen molar-refractivity contribution in [2.24, 2.45) is 0 Å². The van der Waals surface area contributed by atoms with E-state index in [0.717, 1.165) is 33.5 Å². The highest BCUT2D eigenvalue weighted by atomic mass is 15.0. The Morgan fingerprint density at radius 1 is 0.364 bits per heavy atom. The number of benzene rings is 9. The second-order valence-electron chi connectivity index (χ2n) is 26.3. The van der Waals surface area contributed by atoms with Crippen LogP contribution < -0.4 is 16.4 Å². The van der Waals surface area contributed by atoms with E-state index in [9.17, 15) is 0 Å². The van der Waals surface area contributed by atoms with Crippen molar-refractivity contribution in [3.8, 4) is 56.3 Å². The summed E-state index contributed by atoms with van der Waals surface area (Å²) in [6, 6.07) is 66.5. The fourth-order valence-corrected chi connectivity index (χ4v) is 13.1. The third-order valence-corrected chi connectivity index (χ3v) is 17.0.